The second kappa shape index (κ2) is 5.80. The molecular weight excluding hydrogens is 220 g/mol. The van der Waals surface area contributed by atoms with Crippen molar-refractivity contribution >= 4 is 23.5 Å². The molecule has 0 fully saturated rings. The maximum atomic E-state index is 10.7. The van der Waals surface area contributed by atoms with Crippen LogP contribution in [0.4, 0.5) is 10.5 Å². The molecule has 0 aromatic heterocycles. The van der Waals surface area contributed by atoms with Crippen LogP contribution in [0.5, 0.6) is 0 Å². The smallest absolute Gasteiger partial charge is 0.316 e. The Bertz CT molecular complexity index is 379. The van der Waals surface area contributed by atoms with Crippen LogP contribution in [0.3, 0.4) is 0 Å². The molecule has 0 saturated heterocycles. The summed E-state index contributed by atoms with van der Waals surface area (Å²) in [4.78, 5) is 12.0. The number of carbonyl (C=O) groups is 1. The van der Waals surface area contributed by atoms with Gasteiger partial charge in [-0.05, 0) is 37.1 Å². The largest absolute Gasteiger partial charge is 0.351 e. The highest BCUT2D eigenvalue weighted by molar-refractivity contribution is 7.99. The standard InChI is InChI=1S/C12H18N2OS/c1-4-9(3)16-10-5-6-11(8(2)7-10)14-12(13)15/h5-7,9H,4H2,1-3H3,(H3,13,14,15). The Morgan fingerprint density at radius 1 is 1.56 bits per heavy atom. The van der Waals surface area contributed by atoms with Crippen molar-refractivity contribution in [1.29, 1.82) is 0 Å². The first-order valence-corrected chi connectivity index (χ1v) is 6.24. The maximum Gasteiger partial charge on any atom is 0.316 e. The highest BCUT2D eigenvalue weighted by Gasteiger charge is 2.05. The van der Waals surface area contributed by atoms with E-state index in [2.05, 4.69) is 25.2 Å². The predicted molar refractivity (Wildman–Crippen MR) is 70.0 cm³/mol. The average molecular weight is 238 g/mol. The van der Waals surface area contributed by atoms with Crippen LogP contribution in [0.15, 0.2) is 23.1 Å². The number of rotatable bonds is 4. The van der Waals surface area contributed by atoms with Crippen LogP contribution in [0.25, 0.3) is 0 Å². The van der Waals surface area contributed by atoms with Crippen LogP contribution in [-0.4, -0.2) is 11.3 Å². The third-order valence-electron chi connectivity index (χ3n) is 2.37. The molecule has 1 aromatic rings. The average Bonchev–Trinajstić information content (AvgIpc) is 2.21. The number of hydrogen-bond donors (Lipinski definition) is 2. The minimum Gasteiger partial charge on any atom is -0.351 e. The van der Waals surface area contributed by atoms with Crippen molar-refractivity contribution in [3.8, 4) is 0 Å². The fourth-order valence-corrected chi connectivity index (χ4v) is 2.32. The van der Waals surface area contributed by atoms with E-state index in [-0.39, 0.29) is 0 Å². The van der Waals surface area contributed by atoms with E-state index in [1.165, 1.54) is 4.90 Å². The van der Waals surface area contributed by atoms with Gasteiger partial charge in [0, 0.05) is 15.8 Å². The Morgan fingerprint density at radius 3 is 2.75 bits per heavy atom. The van der Waals surface area contributed by atoms with Crippen molar-refractivity contribution in [2.75, 3.05) is 5.32 Å². The molecule has 3 N–H and O–H groups in total. The van der Waals surface area contributed by atoms with Gasteiger partial charge in [0.05, 0.1) is 0 Å². The zero-order chi connectivity index (χ0) is 12.1. The zero-order valence-electron chi connectivity index (χ0n) is 9.91. The number of urea groups is 1. The first-order chi connectivity index (χ1) is 7.52. The van der Waals surface area contributed by atoms with E-state index >= 15 is 0 Å². The topological polar surface area (TPSA) is 55.1 Å². The Hall–Kier alpha value is -1.16. The fraction of sp³-hybridized carbons (Fsp3) is 0.417. The lowest BCUT2D eigenvalue weighted by Gasteiger charge is -2.11. The van der Waals surface area contributed by atoms with Crippen LogP contribution in [-0.2, 0) is 0 Å². The summed E-state index contributed by atoms with van der Waals surface area (Å²) in [6, 6.07) is 5.45. The molecule has 0 heterocycles. The molecule has 88 valence electrons. The number of thioether (sulfide) groups is 1. The normalized spacial score (nSPS) is 12.2. The first kappa shape index (κ1) is 12.9. The summed E-state index contributed by atoms with van der Waals surface area (Å²) in [6.45, 7) is 6.34. The molecule has 0 saturated carbocycles. The molecule has 1 aromatic carbocycles. The summed E-state index contributed by atoms with van der Waals surface area (Å²) in [5.74, 6) is 0. The number of anilines is 1. The Labute approximate surface area is 101 Å². The van der Waals surface area contributed by atoms with Crippen molar-refractivity contribution in [2.45, 2.75) is 37.3 Å². The number of amides is 2. The number of nitrogens with one attached hydrogen (secondary N) is 1. The molecule has 0 aliphatic rings. The van der Waals surface area contributed by atoms with Crippen molar-refractivity contribution in [1.82, 2.24) is 0 Å². The van der Waals surface area contributed by atoms with Gasteiger partial charge in [-0.15, -0.1) is 11.8 Å². The van der Waals surface area contributed by atoms with Gasteiger partial charge in [-0.2, -0.15) is 0 Å². The Balaban J connectivity index is 2.78. The molecule has 1 atom stereocenters. The van der Waals surface area contributed by atoms with E-state index in [1.807, 2.05) is 30.8 Å². The summed E-state index contributed by atoms with van der Waals surface area (Å²) in [5.41, 5.74) is 6.89. The number of aryl methyl sites for hydroxylation is 1. The molecule has 1 rings (SSSR count). The molecule has 0 spiro atoms. The lowest BCUT2D eigenvalue weighted by Crippen LogP contribution is -2.19. The van der Waals surface area contributed by atoms with Gasteiger partial charge >= 0.3 is 6.03 Å². The minimum atomic E-state index is -0.523. The van der Waals surface area contributed by atoms with Crippen LogP contribution >= 0.6 is 11.8 Å². The molecule has 0 aliphatic heterocycles. The van der Waals surface area contributed by atoms with Crippen LogP contribution in [0.2, 0.25) is 0 Å². The summed E-state index contributed by atoms with van der Waals surface area (Å²) in [7, 11) is 0. The van der Waals surface area contributed by atoms with Crippen LogP contribution in [0, 0.1) is 6.92 Å². The van der Waals surface area contributed by atoms with E-state index in [1.54, 1.807) is 0 Å². The number of benzene rings is 1. The zero-order valence-corrected chi connectivity index (χ0v) is 10.7. The van der Waals surface area contributed by atoms with E-state index in [4.69, 9.17) is 5.73 Å². The third kappa shape index (κ3) is 3.77. The van der Waals surface area contributed by atoms with E-state index in [9.17, 15) is 4.79 Å². The SMILES string of the molecule is CCC(C)Sc1ccc(NC(N)=O)c(C)c1. The van der Waals surface area contributed by atoms with Crippen molar-refractivity contribution in [2.24, 2.45) is 5.73 Å². The Kier molecular flexibility index (Phi) is 4.68. The highest BCUT2D eigenvalue weighted by Crippen LogP contribution is 2.28. The predicted octanol–water partition coefficient (Wildman–Crippen LogP) is 3.38. The maximum absolute atomic E-state index is 10.7. The number of hydrogen-bond acceptors (Lipinski definition) is 2. The van der Waals surface area contributed by atoms with Gasteiger partial charge in [-0.25, -0.2) is 4.79 Å². The van der Waals surface area contributed by atoms with Crippen molar-refractivity contribution < 1.29 is 4.79 Å². The third-order valence-corrected chi connectivity index (χ3v) is 3.63. The van der Waals surface area contributed by atoms with Gasteiger partial charge in [0.25, 0.3) is 0 Å². The Morgan fingerprint density at radius 2 is 2.25 bits per heavy atom. The van der Waals surface area contributed by atoms with Gasteiger partial charge in [-0.3, -0.25) is 0 Å². The molecule has 0 radical (unpaired) electrons. The van der Waals surface area contributed by atoms with Crippen LogP contribution < -0.4 is 11.1 Å². The van der Waals surface area contributed by atoms with Gasteiger partial charge in [-0.1, -0.05) is 13.8 Å². The van der Waals surface area contributed by atoms with Gasteiger partial charge in [0.1, 0.15) is 0 Å². The number of nitrogens with two attached hydrogens (primary N) is 1. The number of primary amides is 1. The monoisotopic (exact) mass is 238 g/mol. The molecule has 2 amide bonds. The first-order valence-electron chi connectivity index (χ1n) is 5.36. The van der Waals surface area contributed by atoms with Crippen LogP contribution in [0.1, 0.15) is 25.8 Å². The minimum absolute atomic E-state index is 0.523. The second-order valence-corrected chi connectivity index (χ2v) is 5.31. The second-order valence-electron chi connectivity index (χ2n) is 3.80. The molecule has 0 bridgehead atoms. The van der Waals surface area contributed by atoms with Crippen molar-refractivity contribution in [3.05, 3.63) is 23.8 Å². The molecule has 16 heavy (non-hydrogen) atoms. The lowest BCUT2D eigenvalue weighted by molar-refractivity contribution is 0.259. The quantitative estimate of drug-likeness (QED) is 0.790. The van der Waals surface area contributed by atoms with Gasteiger partial charge in [0.15, 0.2) is 0 Å². The number of carbonyl (C=O) groups excluding carboxylic acids is 1. The van der Waals surface area contributed by atoms with Crippen molar-refractivity contribution in [3.63, 3.8) is 0 Å². The molecule has 4 heteroatoms. The van der Waals surface area contributed by atoms with Gasteiger partial charge < -0.3 is 11.1 Å². The molecular formula is C12H18N2OS. The highest BCUT2D eigenvalue weighted by atomic mass is 32.2. The molecule has 3 nitrogen and oxygen atoms in total. The van der Waals surface area contributed by atoms with E-state index < -0.39 is 6.03 Å². The summed E-state index contributed by atoms with van der Waals surface area (Å²) in [6.07, 6.45) is 1.14. The van der Waals surface area contributed by atoms with Gasteiger partial charge in [0.2, 0.25) is 0 Å². The summed E-state index contributed by atoms with van der Waals surface area (Å²) < 4.78 is 0. The molecule has 1 unspecified atom stereocenters. The fourth-order valence-electron chi connectivity index (χ4n) is 1.30. The van der Waals surface area contributed by atoms with E-state index in [0.717, 1.165) is 17.7 Å². The summed E-state index contributed by atoms with van der Waals surface area (Å²) >= 11 is 1.84. The lowest BCUT2D eigenvalue weighted by atomic mass is 10.2. The molecule has 0 aliphatic carbocycles. The summed E-state index contributed by atoms with van der Waals surface area (Å²) in [5, 5.41) is 3.20. The van der Waals surface area contributed by atoms with E-state index in [0.29, 0.717) is 5.25 Å².